The van der Waals surface area contributed by atoms with Crippen molar-refractivity contribution >= 4 is 11.9 Å². The van der Waals surface area contributed by atoms with Crippen molar-refractivity contribution in [2.75, 3.05) is 52.9 Å². The van der Waals surface area contributed by atoms with Crippen LogP contribution in [-0.4, -0.2) is 64.8 Å². The summed E-state index contributed by atoms with van der Waals surface area (Å²) in [6.45, 7) is 7.35. The highest BCUT2D eigenvalue weighted by Crippen LogP contribution is 2.13. The molecule has 0 bridgehead atoms. The fourth-order valence-electron chi connectivity index (χ4n) is 3.96. The van der Waals surface area contributed by atoms with Crippen LogP contribution in [0.1, 0.15) is 129 Å². The Bertz CT molecular complexity index is 485. The van der Waals surface area contributed by atoms with Crippen LogP contribution in [-0.2, 0) is 33.3 Å². The SMILES string of the molecule is CCCCCCCCCCCCCCCCCC(=O)OCCOCCOCCOCCOC(=O)CCC. The topological polar surface area (TPSA) is 80.3 Å². The zero-order valence-electron chi connectivity index (χ0n) is 24.2. The maximum Gasteiger partial charge on any atom is 0.305 e. The van der Waals surface area contributed by atoms with Crippen molar-refractivity contribution in [3.8, 4) is 0 Å². The smallest absolute Gasteiger partial charge is 0.305 e. The number of carbonyl (C=O) groups is 2. The van der Waals surface area contributed by atoms with Gasteiger partial charge in [-0.05, 0) is 12.8 Å². The predicted octanol–water partition coefficient (Wildman–Crippen LogP) is 7.18. The van der Waals surface area contributed by atoms with Crippen LogP contribution in [0.5, 0.6) is 0 Å². The van der Waals surface area contributed by atoms with E-state index in [0.29, 0.717) is 52.5 Å². The molecule has 0 saturated carbocycles. The Morgan fingerprint density at radius 2 is 0.703 bits per heavy atom. The molecule has 220 valence electrons. The number of hydrogen-bond acceptors (Lipinski definition) is 7. The van der Waals surface area contributed by atoms with E-state index >= 15 is 0 Å². The Hall–Kier alpha value is -1.18. The van der Waals surface area contributed by atoms with E-state index < -0.39 is 0 Å². The second kappa shape index (κ2) is 31.0. The average Bonchev–Trinajstić information content (AvgIpc) is 2.89. The number of carbonyl (C=O) groups excluding carboxylic acids is 2. The van der Waals surface area contributed by atoms with Gasteiger partial charge >= 0.3 is 11.9 Å². The summed E-state index contributed by atoms with van der Waals surface area (Å²) in [5.74, 6) is -0.317. The van der Waals surface area contributed by atoms with Crippen LogP contribution in [0.25, 0.3) is 0 Å². The molecule has 0 unspecified atom stereocenters. The molecule has 0 amide bonds. The van der Waals surface area contributed by atoms with E-state index in [1.807, 2.05) is 6.92 Å². The van der Waals surface area contributed by atoms with Crippen molar-refractivity contribution in [1.82, 2.24) is 0 Å². The van der Waals surface area contributed by atoms with Crippen molar-refractivity contribution < 1.29 is 33.3 Å². The van der Waals surface area contributed by atoms with Crippen LogP contribution < -0.4 is 0 Å². The molecule has 0 heterocycles. The molecule has 0 aromatic carbocycles. The summed E-state index contributed by atoms with van der Waals surface area (Å²) < 4.78 is 26.3. The Labute approximate surface area is 227 Å². The highest BCUT2D eigenvalue weighted by atomic mass is 16.6. The second-order valence-corrected chi connectivity index (χ2v) is 9.73. The molecule has 0 aliphatic heterocycles. The lowest BCUT2D eigenvalue weighted by atomic mass is 10.0. The second-order valence-electron chi connectivity index (χ2n) is 9.73. The first-order valence-corrected chi connectivity index (χ1v) is 15.2. The summed E-state index contributed by atoms with van der Waals surface area (Å²) in [5.41, 5.74) is 0. The van der Waals surface area contributed by atoms with Crippen LogP contribution in [0, 0.1) is 0 Å². The normalized spacial score (nSPS) is 11.1. The van der Waals surface area contributed by atoms with E-state index in [-0.39, 0.29) is 25.2 Å². The van der Waals surface area contributed by atoms with Gasteiger partial charge in [0, 0.05) is 12.8 Å². The third-order valence-corrected chi connectivity index (χ3v) is 6.16. The molecular formula is C30H58O7. The third kappa shape index (κ3) is 30.9. The Morgan fingerprint density at radius 1 is 0.378 bits per heavy atom. The highest BCUT2D eigenvalue weighted by Gasteiger charge is 2.03. The van der Waals surface area contributed by atoms with Crippen molar-refractivity contribution in [2.24, 2.45) is 0 Å². The molecule has 0 radical (unpaired) electrons. The summed E-state index contributed by atoms with van der Waals surface area (Å²) in [6.07, 6.45) is 21.5. The van der Waals surface area contributed by atoms with Gasteiger partial charge in [0.1, 0.15) is 13.2 Å². The van der Waals surface area contributed by atoms with Gasteiger partial charge in [-0.1, -0.05) is 104 Å². The minimum absolute atomic E-state index is 0.132. The first-order chi connectivity index (χ1) is 18.2. The molecule has 0 saturated heterocycles. The van der Waals surface area contributed by atoms with Crippen LogP contribution in [0.2, 0.25) is 0 Å². The molecule has 0 aliphatic rings. The summed E-state index contributed by atoms with van der Waals surface area (Å²) >= 11 is 0. The molecule has 7 nitrogen and oxygen atoms in total. The summed E-state index contributed by atoms with van der Waals surface area (Å²) in [6, 6.07) is 0. The largest absolute Gasteiger partial charge is 0.463 e. The molecule has 0 aromatic heterocycles. The van der Waals surface area contributed by atoms with Crippen molar-refractivity contribution in [1.29, 1.82) is 0 Å². The van der Waals surface area contributed by atoms with Crippen LogP contribution >= 0.6 is 0 Å². The van der Waals surface area contributed by atoms with Gasteiger partial charge in [0.2, 0.25) is 0 Å². The van der Waals surface area contributed by atoms with E-state index in [9.17, 15) is 9.59 Å². The molecule has 0 atom stereocenters. The third-order valence-electron chi connectivity index (χ3n) is 6.16. The molecule has 0 aliphatic carbocycles. The molecule has 0 aromatic rings. The first-order valence-electron chi connectivity index (χ1n) is 15.2. The van der Waals surface area contributed by atoms with E-state index in [4.69, 9.17) is 23.7 Å². The van der Waals surface area contributed by atoms with Gasteiger partial charge in [0.25, 0.3) is 0 Å². The number of unbranched alkanes of at least 4 members (excludes halogenated alkanes) is 14. The van der Waals surface area contributed by atoms with Gasteiger partial charge in [0.15, 0.2) is 0 Å². The number of ether oxygens (including phenoxy) is 5. The fourth-order valence-corrected chi connectivity index (χ4v) is 3.96. The zero-order valence-corrected chi connectivity index (χ0v) is 24.2. The quantitative estimate of drug-likeness (QED) is 0.0718. The number of hydrogen-bond donors (Lipinski definition) is 0. The lowest BCUT2D eigenvalue weighted by Gasteiger charge is -2.08. The molecular weight excluding hydrogens is 472 g/mol. The monoisotopic (exact) mass is 530 g/mol. The van der Waals surface area contributed by atoms with Crippen LogP contribution in [0.4, 0.5) is 0 Å². The molecule has 0 fully saturated rings. The summed E-state index contributed by atoms with van der Waals surface area (Å²) in [5, 5.41) is 0. The number of esters is 2. The predicted molar refractivity (Wildman–Crippen MR) is 149 cm³/mol. The number of rotatable bonds is 30. The molecule has 0 N–H and O–H groups in total. The highest BCUT2D eigenvalue weighted by molar-refractivity contribution is 5.69. The maximum atomic E-state index is 11.8. The zero-order chi connectivity index (χ0) is 27.1. The first kappa shape index (κ1) is 35.8. The Balaban J connectivity index is 3.18. The Kier molecular flexibility index (Phi) is 30.1. The van der Waals surface area contributed by atoms with Crippen molar-refractivity contribution in [2.45, 2.75) is 129 Å². The standard InChI is InChI=1S/C30H58O7/c1-3-5-6-7-8-9-10-11-12-13-14-15-16-17-18-20-30(32)37-28-26-35-24-22-33-21-23-34-25-27-36-29(31)19-4-2/h3-28H2,1-2H3. The molecule has 0 rings (SSSR count). The molecule has 7 heteroatoms. The Morgan fingerprint density at radius 3 is 1.08 bits per heavy atom. The van der Waals surface area contributed by atoms with Gasteiger partial charge in [-0.2, -0.15) is 0 Å². The van der Waals surface area contributed by atoms with Crippen molar-refractivity contribution in [3.05, 3.63) is 0 Å². The van der Waals surface area contributed by atoms with E-state index in [1.165, 1.54) is 83.5 Å². The van der Waals surface area contributed by atoms with Gasteiger partial charge in [-0.25, -0.2) is 0 Å². The lowest BCUT2D eigenvalue weighted by Crippen LogP contribution is -2.15. The van der Waals surface area contributed by atoms with Gasteiger partial charge in [-0.15, -0.1) is 0 Å². The minimum atomic E-state index is -0.185. The maximum absolute atomic E-state index is 11.8. The van der Waals surface area contributed by atoms with E-state index in [1.54, 1.807) is 0 Å². The van der Waals surface area contributed by atoms with Crippen molar-refractivity contribution in [3.63, 3.8) is 0 Å². The van der Waals surface area contributed by atoms with E-state index in [2.05, 4.69) is 6.92 Å². The fraction of sp³-hybridized carbons (Fsp3) is 0.933. The average molecular weight is 531 g/mol. The van der Waals surface area contributed by atoms with E-state index in [0.717, 1.165) is 19.3 Å². The molecule has 37 heavy (non-hydrogen) atoms. The van der Waals surface area contributed by atoms with Crippen LogP contribution in [0.15, 0.2) is 0 Å². The molecule has 0 spiro atoms. The lowest BCUT2D eigenvalue weighted by molar-refractivity contribution is -0.146. The van der Waals surface area contributed by atoms with Gasteiger partial charge in [0.05, 0.1) is 39.6 Å². The minimum Gasteiger partial charge on any atom is -0.463 e. The summed E-state index contributed by atoms with van der Waals surface area (Å²) in [4.78, 5) is 23.0. The summed E-state index contributed by atoms with van der Waals surface area (Å²) in [7, 11) is 0. The van der Waals surface area contributed by atoms with Crippen LogP contribution in [0.3, 0.4) is 0 Å². The van der Waals surface area contributed by atoms with Gasteiger partial charge in [-0.3, -0.25) is 9.59 Å². The van der Waals surface area contributed by atoms with Gasteiger partial charge < -0.3 is 23.7 Å².